The van der Waals surface area contributed by atoms with E-state index in [0.29, 0.717) is 11.3 Å². The van der Waals surface area contributed by atoms with Crippen molar-refractivity contribution in [3.63, 3.8) is 0 Å². The van der Waals surface area contributed by atoms with Gasteiger partial charge in [-0.1, -0.05) is 30.3 Å². The van der Waals surface area contributed by atoms with Gasteiger partial charge in [0.25, 0.3) is 21.8 Å². The van der Waals surface area contributed by atoms with Gasteiger partial charge in [0.05, 0.1) is 10.6 Å². The predicted molar refractivity (Wildman–Crippen MR) is 119 cm³/mol. The Bertz CT molecular complexity index is 1240. The van der Waals surface area contributed by atoms with Crippen molar-refractivity contribution in [2.75, 3.05) is 4.72 Å². The molecule has 0 fully saturated rings. The fourth-order valence-electron chi connectivity index (χ4n) is 2.93. The number of benzene rings is 3. The summed E-state index contributed by atoms with van der Waals surface area (Å²) >= 11 is 0. The average molecular weight is 438 g/mol. The van der Waals surface area contributed by atoms with E-state index in [1.807, 2.05) is 26.0 Å². The summed E-state index contributed by atoms with van der Waals surface area (Å²) in [4.78, 5) is 24.5. The number of carbonyl (C=O) groups excluding carboxylic acids is 2. The van der Waals surface area contributed by atoms with Crippen LogP contribution in [0.5, 0.6) is 0 Å². The van der Waals surface area contributed by atoms with Crippen molar-refractivity contribution in [2.24, 2.45) is 0 Å². The fraction of sp³-hybridized carbons (Fsp3) is 0.130. The maximum absolute atomic E-state index is 12.7. The smallest absolute Gasteiger partial charge is 0.269 e. The molecule has 0 aliphatic rings. The molecule has 3 aromatic carbocycles. The Morgan fingerprint density at radius 3 is 2.00 bits per heavy atom. The zero-order chi connectivity index (χ0) is 22.6. The number of hydrazine groups is 1. The SMILES string of the molecule is Cc1ccccc1C(=O)NNC(=O)c1ccc(S(=O)(=O)Nc2cccc(C)c2C)cc1. The minimum Gasteiger partial charge on any atom is -0.279 e. The minimum atomic E-state index is -3.81. The zero-order valence-corrected chi connectivity index (χ0v) is 18.2. The van der Waals surface area contributed by atoms with Gasteiger partial charge in [-0.15, -0.1) is 0 Å². The normalized spacial score (nSPS) is 10.9. The molecule has 0 aliphatic heterocycles. The largest absolute Gasteiger partial charge is 0.279 e. The van der Waals surface area contributed by atoms with Crippen LogP contribution in [0.25, 0.3) is 0 Å². The first-order valence-electron chi connectivity index (χ1n) is 9.54. The van der Waals surface area contributed by atoms with E-state index >= 15 is 0 Å². The molecular formula is C23H23N3O4S. The van der Waals surface area contributed by atoms with Crippen molar-refractivity contribution in [3.8, 4) is 0 Å². The highest BCUT2D eigenvalue weighted by Crippen LogP contribution is 2.22. The van der Waals surface area contributed by atoms with Gasteiger partial charge in [0.15, 0.2) is 0 Å². The van der Waals surface area contributed by atoms with Gasteiger partial charge in [-0.3, -0.25) is 25.2 Å². The summed E-state index contributed by atoms with van der Waals surface area (Å²) in [6.07, 6.45) is 0. The van der Waals surface area contributed by atoms with Crippen molar-refractivity contribution in [1.29, 1.82) is 0 Å². The van der Waals surface area contributed by atoms with Gasteiger partial charge >= 0.3 is 0 Å². The van der Waals surface area contributed by atoms with E-state index in [1.54, 1.807) is 37.3 Å². The summed E-state index contributed by atoms with van der Waals surface area (Å²) in [6.45, 7) is 5.53. The number of amides is 2. The van der Waals surface area contributed by atoms with Crippen LogP contribution in [-0.2, 0) is 10.0 Å². The van der Waals surface area contributed by atoms with Gasteiger partial charge in [-0.05, 0) is 73.9 Å². The summed E-state index contributed by atoms with van der Waals surface area (Å²) in [7, 11) is -3.81. The second-order valence-corrected chi connectivity index (χ2v) is 8.78. The molecule has 0 saturated heterocycles. The molecule has 0 aromatic heterocycles. The molecule has 0 heterocycles. The Morgan fingerprint density at radius 2 is 1.32 bits per heavy atom. The van der Waals surface area contributed by atoms with Crippen molar-refractivity contribution in [1.82, 2.24) is 10.9 Å². The molecule has 31 heavy (non-hydrogen) atoms. The molecule has 7 nitrogen and oxygen atoms in total. The second-order valence-electron chi connectivity index (χ2n) is 7.10. The van der Waals surface area contributed by atoms with Crippen LogP contribution in [0.15, 0.2) is 71.6 Å². The number of nitrogens with one attached hydrogen (secondary N) is 3. The van der Waals surface area contributed by atoms with Gasteiger partial charge in [0.2, 0.25) is 0 Å². The van der Waals surface area contributed by atoms with Crippen LogP contribution in [-0.4, -0.2) is 20.2 Å². The van der Waals surface area contributed by atoms with E-state index in [4.69, 9.17) is 0 Å². The summed E-state index contributed by atoms with van der Waals surface area (Å²) < 4.78 is 27.9. The molecule has 0 atom stereocenters. The van der Waals surface area contributed by atoms with Crippen LogP contribution in [0.1, 0.15) is 37.4 Å². The molecule has 3 rings (SSSR count). The van der Waals surface area contributed by atoms with E-state index in [9.17, 15) is 18.0 Å². The first-order valence-corrected chi connectivity index (χ1v) is 11.0. The molecule has 2 amide bonds. The van der Waals surface area contributed by atoms with Crippen LogP contribution >= 0.6 is 0 Å². The van der Waals surface area contributed by atoms with E-state index < -0.39 is 21.8 Å². The Labute approximate surface area is 181 Å². The van der Waals surface area contributed by atoms with Crippen molar-refractivity contribution >= 4 is 27.5 Å². The lowest BCUT2D eigenvalue weighted by Crippen LogP contribution is -2.41. The predicted octanol–water partition coefficient (Wildman–Crippen LogP) is 3.49. The van der Waals surface area contributed by atoms with Crippen LogP contribution in [0.2, 0.25) is 0 Å². The van der Waals surface area contributed by atoms with Crippen molar-refractivity contribution in [2.45, 2.75) is 25.7 Å². The van der Waals surface area contributed by atoms with E-state index in [-0.39, 0.29) is 10.5 Å². The summed E-state index contributed by atoms with van der Waals surface area (Å²) in [6, 6.07) is 17.8. The van der Waals surface area contributed by atoms with Crippen LogP contribution in [0, 0.1) is 20.8 Å². The molecule has 0 aliphatic carbocycles. The molecule has 0 saturated carbocycles. The number of rotatable bonds is 5. The molecule has 0 unspecified atom stereocenters. The highest BCUT2D eigenvalue weighted by Gasteiger charge is 2.17. The maximum Gasteiger partial charge on any atom is 0.269 e. The topological polar surface area (TPSA) is 104 Å². The monoisotopic (exact) mass is 437 g/mol. The van der Waals surface area contributed by atoms with Crippen molar-refractivity contribution in [3.05, 3.63) is 94.5 Å². The quantitative estimate of drug-likeness (QED) is 0.532. The number of anilines is 1. The third-order valence-electron chi connectivity index (χ3n) is 4.96. The zero-order valence-electron chi connectivity index (χ0n) is 17.4. The maximum atomic E-state index is 12.7. The number of hydrogen-bond donors (Lipinski definition) is 3. The second kappa shape index (κ2) is 9.01. The summed E-state index contributed by atoms with van der Waals surface area (Å²) in [5, 5.41) is 0. The summed E-state index contributed by atoms with van der Waals surface area (Å²) in [5.41, 5.74) is 8.43. The molecule has 0 radical (unpaired) electrons. The first kappa shape index (κ1) is 22.0. The Hall–Kier alpha value is -3.65. The van der Waals surface area contributed by atoms with Crippen LogP contribution in [0.4, 0.5) is 5.69 Å². The lowest BCUT2D eigenvalue weighted by molar-refractivity contribution is 0.0846. The molecule has 160 valence electrons. The number of hydrogen-bond acceptors (Lipinski definition) is 4. The number of aryl methyl sites for hydroxylation is 2. The fourth-order valence-corrected chi connectivity index (χ4v) is 4.05. The molecule has 3 N–H and O–H groups in total. The number of carbonyl (C=O) groups is 2. The van der Waals surface area contributed by atoms with E-state index in [0.717, 1.165) is 16.7 Å². The van der Waals surface area contributed by atoms with Gasteiger partial charge in [0, 0.05) is 11.1 Å². The van der Waals surface area contributed by atoms with Crippen molar-refractivity contribution < 1.29 is 18.0 Å². The molecule has 0 spiro atoms. The molecule has 3 aromatic rings. The van der Waals surface area contributed by atoms with Gasteiger partial charge in [-0.2, -0.15) is 0 Å². The molecular weight excluding hydrogens is 414 g/mol. The standard InChI is InChI=1S/C23H23N3O4S/c1-15-8-6-10-21(17(15)3)26-31(29,30)19-13-11-18(12-14-19)22(27)24-25-23(28)20-9-5-4-7-16(20)2/h4-14,26H,1-3H3,(H,24,27)(H,25,28). The third-order valence-corrected chi connectivity index (χ3v) is 6.34. The van der Waals surface area contributed by atoms with E-state index in [1.165, 1.54) is 24.3 Å². The lowest BCUT2D eigenvalue weighted by atomic mass is 10.1. The van der Waals surface area contributed by atoms with E-state index in [2.05, 4.69) is 15.6 Å². The van der Waals surface area contributed by atoms with Gasteiger partial charge in [0.1, 0.15) is 0 Å². The van der Waals surface area contributed by atoms with Crippen LogP contribution in [0.3, 0.4) is 0 Å². The first-order chi connectivity index (χ1) is 14.7. The molecule has 0 bridgehead atoms. The lowest BCUT2D eigenvalue weighted by Gasteiger charge is -2.13. The van der Waals surface area contributed by atoms with Gasteiger partial charge < -0.3 is 0 Å². The van der Waals surface area contributed by atoms with Crippen LogP contribution < -0.4 is 15.6 Å². The highest BCUT2D eigenvalue weighted by atomic mass is 32.2. The Kier molecular flexibility index (Phi) is 6.41. The number of sulfonamides is 1. The average Bonchev–Trinajstić information content (AvgIpc) is 2.75. The third kappa shape index (κ3) is 5.10. The Morgan fingerprint density at radius 1 is 0.710 bits per heavy atom. The summed E-state index contributed by atoms with van der Waals surface area (Å²) in [5.74, 6) is -1.00. The highest BCUT2D eigenvalue weighted by molar-refractivity contribution is 7.92. The van der Waals surface area contributed by atoms with Gasteiger partial charge in [-0.25, -0.2) is 8.42 Å². The Balaban J connectivity index is 1.67. The minimum absolute atomic E-state index is 0.0221. The molecule has 8 heteroatoms.